The number of ether oxygens (including phenoxy) is 1. The summed E-state index contributed by atoms with van der Waals surface area (Å²) in [7, 11) is 1.48. The van der Waals surface area contributed by atoms with Crippen molar-refractivity contribution < 1.29 is 27.9 Å². The highest BCUT2D eigenvalue weighted by molar-refractivity contribution is 6.31. The fourth-order valence-electron chi connectivity index (χ4n) is 5.57. The second-order valence-corrected chi connectivity index (χ2v) is 10.6. The molecule has 2 unspecified atom stereocenters. The van der Waals surface area contributed by atoms with Gasteiger partial charge in [-0.2, -0.15) is 19.1 Å². The van der Waals surface area contributed by atoms with E-state index in [-0.39, 0.29) is 53.0 Å². The second-order valence-electron chi connectivity index (χ2n) is 10.2. The maximum atomic E-state index is 14.2. The van der Waals surface area contributed by atoms with E-state index >= 15 is 0 Å². The number of fused-ring (bicyclic) bond motifs is 3. The van der Waals surface area contributed by atoms with Gasteiger partial charge in [0.25, 0.3) is 11.8 Å². The van der Waals surface area contributed by atoms with Crippen LogP contribution in [0, 0.1) is 11.3 Å². The maximum Gasteiger partial charge on any atom is 0.387 e. The summed E-state index contributed by atoms with van der Waals surface area (Å²) in [6.07, 6.45) is 0.388. The van der Waals surface area contributed by atoms with Gasteiger partial charge in [-0.1, -0.05) is 23.7 Å². The molecule has 0 aliphatic carbocycles. The number of nitrogens with one attached hydrogen (secondary N) is 1. The Morgan fingerprint density at radius 1 is 1.21 bits per heavy atom. The molecule has 0 bridgehead atoms. The Bertz CT molecular complexity index is 1600. The molecule has 0 fully saturated rings. The highest BCUT2D eigenvalue weighted by Gasteiger charge is 2.44. The van der Waals surface area contributed by atoms with E-state index in [1.807, 2.05) is 13.0 Å². The van der Waals surface area contributed by atoms with Crippen molar-refractivity contribution in [3.63, 3.8) is 0 Å². The third kappa shape index (κ3) is 5.16. The molecular weight excluding hydrogens is 570 g/mol. The molecular formula is C29H27ClF2N6O4. The lowest BCUT2D eigenvalue weighted by molar-refractivity contribution is -0.126. The van der Waals surface area contributed by atoms with E-state index in [1.54, 1.807) is 30.0 Å². The fourth-order valence-corrected chi connectivity index (χ4v) is 5.73. The number of rotatable bonds is 6. The molecule has 42 heavy (non-hydrogen) atoms. The van der Waals surface area contributed by atoms with Crippen molar-refractivity contribution in [3.8, 4) is 11.8 Å². The minimum atomic E-state index is -2.97. The molecule has 2 aliphatic rings. The van der Waals surface area contributed by atoms with E-state index in [0.29, 0.717) is 28.8 Å². The lowest BCUT2D eigenvalue weighted by atomic mass is 9.95. The highest BCUT2D eigenvalue weighted by Crippen LogP contribution is 2.35. The van der Waals surface area contributed by atoms with Crippen molar-refractivity contribution in [3.05, 3.63) is 81.1 Å². The van der Waals surface area contributed by atoms with E-state index in [4.69, 9.17) is 11.6 Å². The third-order valence-corrected chi connectivity index (χ3v) is 8.08. The van der Waals surface area contributed by atoms with Gasteiger partial charge >= 0.3 is 6.61 Å². The first kappa shape index (κ1) is 29.0. The smallest absolute Gasteiger partial charge is 0.387 e. The summed E-state index contributed by atoms with van der Waals surface area (Å²) < 4.78 is 31.2. The van der Waals surface area contributed by atoms with Gasteiger partial charge in [0.15, 0.2) is 0 Å². The van der Waals surface area contributed by atoms with Gasteiger partial charge in [0.2, 0.25) is 5.91 Å². The van der Waals surface area contributed by atoms with Crippen molar-refractivity contribution in [1.82, 2.24) is 24.9 Å². The molecule has 218 valence electrons. The monoisotopic (exact) mass is 596 g/mol. The predicted molar refractivity (Wildman–Crippen MR) is 147 cm³/mol. The number of benzene rings is 2. The summed E-state index contributed by atoms with van der Waals surface area (Å²) in [6, 6.07) is 10.6. The average Bonchev–Trinajstić information content (AvgIpc) is 3.33. The van der Waals surface area contributed by atoms with Crippen LogP contribution < -0.4 is 10.1 Å². The number of hydrogen-bond donors (Lipinski definition) is 1. The fraction of sp³-hybridized carbons (Fsp3) is 0.345. The highest BCUT2D eigenvalue weighted by atomic mass is 35.5. The molecule has 0 radical (unpaired) electrons. The van der Waals surface area contributed by atoms with Crippen molar-refractivity contribution in [2.24, 2.45) is 0 Å². The Labute approximate surface area is 245 Å². The van der Waals surface area contributed by atoms with Gasteiger partial charge in [0.05, 0.1) is 35.4 Å². The van der Waals surface area contributed by atoms with Gasteiger partial charge in [0.1, 0.15) is 23.6 Å². The average molecular weight is 597 g/mol. The Kier molecular flexibility index (Phi) is 7.88. The van der Waals surface area contributed by atoms with Crippen LogP contribution in [0.25, 0.3) is 0 Å². The zero-order valence-electron chi connectivity index (χ0n) is 23.0. The summed E-state index contributed by atoms with van der Waals surface area (Å²) in [5, 5.41) is 16.9. The molecule has 3 atom stereocenters. The molecule has 1 N–H and O–H groups in total. The zero-order valence-corrected chi connectivity index (χ0v) is 23.7. The van der Waals surface area contributed by atoms with Crippen molar-refractivity contribution in [2.45, 2.75) is 58.1 Å². The first-order chi connectivity index (χ1) is 20.0. The first-order valence-electron chi connectivity index (χ1n) is 13.2. The lowest BCUT2D eigenvalue weighted by Crippen LogP contribution is -2.55. The van der Waals surface area contributed by atoms with Gasteiger partial charge in [-0.3, -0.25) is 19.1 Å². The quantitative estimate of drug-likeness (QED) is 0.460. The molecule has 3 amide bonds. The molecule has 3 aromatic rings. The Hall–Kier alpha value is -4.50. The lowest BCUT2D eigenvalue weighted by Gasteiger charge is -2.39. The number of nitriles is 1. The molecule has 2 aliphatic heterocycles. The summed E-state index contributed by atoms with van der Waals surface area (Å²) in [4.78, 5) is 43.8. The Balaban J connectivity index is 1.49. The summed E-state index contributed by atoms with van der Waals surface area (Å²) in [5.41, 5.74) is 2.64. The largest absolute Gasteiger partial charge is 0.435 e. The minimum Gasteiger partial charge on any atom is -0.435 e. The SMILES string of the molecule is CNC(=O)C1Cn2nc3c(c2C(=O)N1C(C)c1ccc(OC(F)F)cc1)CN(C(=O)c1ccc(Cl)c(C#N)c1)[C@H](C)C3. The van der Waals surface area contributed by atoms with Gasteiger partial charge in [0, 0.05) is 30.6 Å². The van der Waals surface area contributed by atoms with Crippen LogP contribution in [0.2, 0.25) is 5.02 Å². The maximum absolute atomic E-state index is 14.2. The standard InChI is InChI=1S/C29H27ClF2N6O4/c1-15-10-23-21(13-36(15)27(40)18-6-9-22(30)19(11-18)12-33)25-28(41)38(24(26(39)34-3)14-37(25)35-23)16(2)17-4-7-20(8-5-17)42-29(31)32/h4-9,11,15-16,24,29H,10,13-14H2,1-3H3,(H,34,39)/t15-,16?,24?/m1/s1. The van der Waals surface area contributed by atoms with E-state index in [2.05, 4.69) is 15.2 Å². The van der Waals surface area contributed by atoms with Gasteiger partial charge in [-0.15, -0.1) is 0 Å². The van der Waals surface area contributed by atoms with E-state index in [1.165, 1.54) is 40.9 Å². The van der Waals surface area contributed by atoms with Crippen LogP contribution in [0.5, 0.6) is 5.75 Å². The summed E-state index contributed by atoms with van der Waals surface area (Å²) >= 11 is 6.05. The molecule has 0 saturated carbocycles. The van der Waals surface area contributed by atoms with Crippen LogP contribution in [0.4, 0.5) is 8.78 Å². The molecule has 5 rings (SSSR count). The number of nitrogens with zero attached hydrogens (tertiary/aromatic N) is 5. The van der Waals surface area contributed by atoms with Crippen molar-refractivity contribution >= 4 is 29.3 Å². The number of hydrogen-bond acceptors (Lipinski definition) is 6. The topological polar surface area (TPSA) is 121 Å². The molecule has 3 heterocycles. The number of alkyl halides is 2. The summed E-state index contributed by atoms with van der Waals surface area (Å²) in [5.74, 6) is -1.16. The summed E-state index contributed by atoms with van der Waals surface area (Å²) in [6.45, 7) is 0.859. The van der Waals surface area contributed by atoms with Crippen LogP contribution in [-0.4, -0.2) is 63.0 Å². The third-order valence-electron chi connectivity index (χ3n) is 7.75. The second kappa shape index (κ2) is 11.4. The number of amides is 3. The Morgan fingerprint density at radius 2 is 1.93 bits per heavy atom. The van der Waals surface area contributed by atoms with Crippen LogP contribution in [0.15, 0.2) is 42.5 Å². The minimum absolute atomic E-state index is 0.0256. The van der Waals surface area contributed by atoms with Crippen molar-refractivity contribution in [2.75, 3.05) is 7.05 Å². The van der Waals surface area contributed by atoms with Gasteiger partial charge < -0.3 is 19.9 Å². The number of aromatic nitrogens is 2. The van der Waals surface area contributed by atoms with Gasteiger partial charge in [-0.05, 0) is 49.7 Å². The molecule has 0 saturated heterocycles. The van der Waals surface area contributed by atoms with Crippen LogP contribution in [0.1, 0.15) is 63.1 Å². The predicted octanol–water partition coefficient (Wildman–Crippen LogP) is 3.93. The molecule has 0 spiro atoms. The Morgan fingerprint density at radius 3 is 2.57 bits per heavy atom. The molecule has 2 aromatic carbocycles. The number of halogens is 3. The molecule has 13 heteroatoms. The van der Waals surface area contributed by atoms with Crippen LogP contribution >= 0.6 is 11.6 Å². The van der Waals surface area contributed by atoms with E-state index in [0.717, 1.165) is 0 Å². The van der Waals surface area contributed by atoms with Crippen LogP contribution in [0.3, 0.4) is 0 Å². The van der Waals surface area contributed by atoms with Crippen molar-refractivity contribution in [1.29, 1.82) is 5.26 Å². The zero-order chi connectivity index (χ0) is 30.3. The number of carbonyl (C=O) groups is 3. The first-order valence-corrected chi connectivity index (χ1v) is 13.6. The van der Waals surface area contributed by atoms with E-state index in [9.17, 15) is 28.4 Å². The van der Waals surface area contributed by atoms with E-state index < -0.39 is 24.6 Å². The normalized spacial score (nSPS) is 18.7. The number of likely N-dealkylation sites (N-methyl/N-ethyl adjacent to an activating group) is 1. The van der Waals surface area contributed by atoms with Gasteiger partial charge in [-0.25, -0.2) is 0 Å². The van der Waals surface area contributed by atoms with Crippen LogP contribution in [-0.2, 0) is 24.3 Å². The molecule has 10 nitrogen and oxygen atoms in total. The molecule has 1 aromatic heterocycles. The number of carbonyl (C=O) groups excluding carboxylic acids is 3.